The fraction of sp³-hybridized carbons (Fsp3) is 0.176. The number of amides is 1. The highest BCUT2D eigenvalue weighted by molar-refractivity contribution is 14.1. The second-order valence-electron chi connectivity index (χ2n) is 4.95. The highest BCUT2D eigenvalue weighted by atomic mass is 127. The predicted molar refractivity (Wildman–Crippen MR) is 94.0 cm³/mol. The van der Waals surface area contributed by atoms with Gasteiger partial charge in [-0.1, -0.05) is 18.2 Å². The molecule has 0 spiro atoms. The molecule has 114 valence electrons. The van der Waals surface area contributed by atoms with Crippen LogP contribution in [0.25, 0.3) is 0 Å². The number of aryl methyl sites for hydroxylation is 2. The summed E-state index contributed by atoms with van der Waals surface area (Å²) < 4.78 is 5.97. The van der Waals surface area contributed by atoms with Crippen molar-refractivity contribution in [1.29, 1.82) is 0 Å². The summed E-state index contributed by atoms with van der Waals surface area (Å²) in [6.07, 6.45) is 0. The predicted octanol–water partition coefficient (Wildman–Crippen LogP) is 3.70. The largest absolute Gasteiger partial charge is 0.452 e. The van der Waals surface area contributed by atoms with E-state index in [2.05, 4.69) is 27.9 Å². The Bertz CT molecular complexity index is 713. The molecule has 0 aliphatic rings. The van der Waals surface area contributed by atoms with Gasteiger partial charge in [-0.2, -0.15) is 0 Å². The van der Waals surface area contributed by atoms with Crippen molar-refractivity contribution < 1.29 is 14.3 Å². The summed E-state index contributed by atoms with van der Waals surface area (Å²) in [6, 6.07) is 12.8. The van der Waals surface area contributed by atoms with Gasteiger partial charge in [0.2, 0.25) is 0 Å². The molecule has 0 fully saturated rings. The minimum absolute atomic E-state index is 0.308. The van der Waals surface area contributed by atoms with Gasteiger partial charge >= 0.3 is 5.97 Å². The van der Waals surface area contributed by atoms with Gasteiger partial charge in [0.25, 0.3) is 5.91 Å². The Morgan fingerprint density at radius 3 is 2.64 bits per heavy atom. The van der Waals surface area contributed by atoms with Gasteiger partial charge in [-0.25, -0.2) is 4.79 Å². The Kier molecular flexibility index (Phi) is 5.54. The monoisotopic (exact) mass is 409 g/mol. The molecule has 0 heterocycles. The van der Waals surface area contributed by atoms with Crippen LogP contribution in [0.15, 0.2) is 42.5 Å². The highest BCUT2D eigenvalue weighted by Gasteiger charge is 2.11. The van der Waals surface area contributed by atoms with E-state index in [1.807, 2.05) is 38.1 Å². The molecule has 1 N–H and O–H groups in total. The van der Waals surface area contributed by atoms with Gasteiger partial charge < -0.3 is 10.1 Å². The molecule has 1 amide bonds. The number of hydrogen-bond donors (Lipinski definition) is 1. The van der Waals surface area contributed by atoms with Crippen LogP contribution in [0.4, 0.5) is 5.69 Å². The maximum atomic E-state index is 11.9. The van der Waals surface area contributed by atoms with Crippen LogP contribution in [-0.2, 0) is 9.53 Å². The van der Waals surface area contributed by atoms with Crippen molar-refractivity contribution in [3.63, 3.8) is 0 Å². The number of carbonyl (C=O) groups excluding carboxylic acids is 2. The zero-order valence-corrected chi connectivity index (χ0v) is 14.5. The van der Waals surface area contributed by atoms with Crippen LogP contribution in [0.2, 0.25) is 0 Å². The van der Waals surface area contributed by atoms with Crippen LogP contribution < -0.4 is 5.32 Å². The molecule has 22 heavy (non-hydrogen) atoms. The minimum Gasteiger partial charge on any atom is -0.452 e. The van der Waals surface area contributed by atoms with Crippen LogP contribution in [0.5, 0.6) is 0 Å². The summed E-state index contributed by atoms with van der Waals surface area (Å²) in [7, 11) is 0. The first-order chi connectivity index (χ1) is 10.5. The van der Waals surface area contributed by atoms with Crippen LogP contribution in [0.1, 0.15) is 21.5 Å². The number of carbonyl (C=O) groups is 2. The third-order valence-electron chi connectivity index (χ3n) is 3.06. The van der Waals surface area contributed by atoms with E-state index < -0.39 is 5.97 Å². The summed E-state index contributed by atoms with van der Waals surface area (Å²) >= 11 is 2.12. The lowest BCUT2D eigenvalue weighted by atomic mass is 10.1. The van der Waals surface area contributed by atoms with Gasteiger partial charge in [-0.3, -0.25) is 4.79 Å². The lowest BCUT2D eigenvalue weighted by Crippen LogP contribution is -2.21. The van der Waals surface area contributed by atoms with Gasteiger partial charge in [0, 0.05) is 9.26 Å². The Morgan fingerprint density at radius 2 is 1.91 bits per heavy atom. The summed E-state index contributed by atoms with van der Waals surface area (Å²) in [5.41, 5.74) is 3.18. The zero-order chi connectivity index (χ0) is 16.1. The maximum absolute atomic E-state index is 11.9. The van der Waals surface area contributed by atoms with E-state index >= 15 is 0 Å². The number of hydrogen-bond acceptors (Lipinski definition) is 3. The lowest BCUT2D eigenvalue weighted by molar-refractivity contribution is -0.119. The number of anilines is 1. The van der Waals surface area contributed by atoms with Crippen LogP contribution >= 0.6 is 22.6 Å². The smallest absolute Gasteiger partial charge is 0.338 e. The molecule has 2 aromatic rings. The van der Waals surface area contributed by atoms with Crippen molar-refractivity contribution in [3.8, 4) is 0 Å². The van der Waals surface area contributed by atoms with Crippen LogP contribution in [-0.4, -0.2) is 18.5 Å². The van der Waals surface area contributed by atoms with Crippen molar-refractivity contribution >= 4 is 40.2 Å². The summed E-state index contributed by atoms with van der Waals surface area (Å²) in [5.74, 6) is -0.859. The van der Waals surface area contributed by atoms with Crippen molar-refractivity contribution in [2.75, 3.05) is 11.9 Å². The quantitative estimate of drug-likeness (QED) is 0.619. The van der Waals surface area contributed by atoms with Crippen molar-refractivity contribution in [1.82, 2.24) is 0 Å². The fourth-order valence-corrected chi connectivity index (χ4v) is 2.43. The SMILES string of the molecule is Cc1ccc(C)c(NC(=O)COC(=O)c2cccc(I)c2)c1. The van der Waals surface area contributed by atoms with Crippen molar-refractivity contribution in [3.05, 3.63) is 62.7 Å². The summed E-state index contributed by atoms with van der Waals surface area (Å²) in [6.45, 7) is 3.55. The van der Waals surface area contributed by atoms with Crippen molar-refractivity contribution in [2.24, 2.45) is 0 Å². The number of ether oxygens (including phenoxy) is 1. The topological polar surface area (TPSA) is 55.4 Å². The number of esters is 1. The van der Waals surface area contributed by atoms with Crippen LogP contribution in [0.3, 0.4) is 0 Å². The summed E-state index contributed by atoms with van der Waals surface area (Å²) in [5, 5.41) is 2.75. The molecule has 5 heteroatoms. The molecule has 0 atom stereocenters. The second kappa shape index (κ2) is 7.40. The first-order valence-electron chi connectivity index (χ1n) is 6.75. The Hall–Kier alpha value is -1.89. The molecule has 0 aliphatic carbocycles. The number of nitrogens with one attached hydrogen (secondary N) is 1. The molecule has 0 radical (unpaired) electrons. The van der Waals surface area contributed by atoms with E-state index in [9.17, 15) is 9.59 Å². The third-order valence-corrected chi connectivity index (χ3v) is 3.73. The molecule has 0 bridgehead atoms. The minimum atomic E-state index is -0.505. The van der Waals surface area contributed by atoms with E-state index in [1.54, 1.807) is 18.2 Å². The molecular formula is C17H16INO3. The van der Waals surface area contributed by atoms with E-state index in [0.717, 1.165) is 20.4 Å². The van der Waals surface area contributed by atoms with E-state index in [-0.39, 0.29) is 12.5 Å². The van der Waals surface area contributed by atoms with Gasteiger partial charge in [-0.15, -0.1) is 0 Å². The van der Waals surface area contributed by atoms with Gasteiger partial charge in [0.05, 0.1) is 5.56 Å². The van der Waals surface area contributed by atoms with E-state index in [1.165, 1.54) is 0 Å². The van der Waals surface area contributed by atoms with Gasteiger partial charge in [0.1, 0.15) is 0 Å². The molecule has 0 saturated heterocycles. The first kappa shape index (κ1) is 16.5. The van der Waals surface area contributed by atoms with E-state index in [0.29, 0.717) is 5.56 Å². The molecule has 0 saturated carbocycles. The molecular weight excluding hydrogens is 393 g/mol. The average Bonchev–Trinajstić information content (AvgIpc) is 2.48. The first-order valence-corrected chi connectivity index (χ1v) is 7.83. The lowest BCUT2D eigenvalue weighted by Gasteiger charge is -2.10. The average molecular weight is 409 g/mol. The number of halogens is 1. The number of rotatable bonds is 4. The zero-order valence-electron chi connectivity index (χ0n) is 12.4. The molecule has 2 aromatic carbocycles. The fourth-order valence-electron chi connectivity index (χ4n) is 1.89. The molecule has 0 aliphatic heterocycles. The molecule has 0 unspecified atom stereocenters. The third kappa shape index (κ3) is 4.56. The standard InChI is InChI=1S/C17H16INO3/c1-11-6-7-12(2)15(8-11)19-16(20)10-22-17(21)13-4-3-5-14(18)9-13/h3-9H,10H2,1-2H3,(H,19,20). The van der Waals surface area contributed by atoms with Gasteiger partial charge in [-0.05, 0) is 71.8 Å². The number of benzene rings is 2. The van der Waals surface area contributed by atoms with Crippen molar-refractivity contribution in [2.45, 2.75) is 13.8 Å². The molecule has 0 aromatic heterocycles. The molecule has 2 rings (SSSR count). The second-order valence-corrected chi connectivity index (χ2v) is 6.20. The summed E-state index contributed by atoms with van der Waals surface area (Å²) in [4.78, 5) is 23.8. The van der Waals surface area contributed by atoms with Crippen LogP contribution in [0, 0.1) is 17.4 Å². The van der Waals surface area contributed by atoms with E-state index in [4.69, 9.17) is 4.74 Å². The molecule has 4 nitrogen and oxygen atoms in total. The highest BCUT2D eigenvalue weighted by Crippen LogP contribution is 2.16. The Morgan fingerprint density at radius 1 is 1.14 bits per heavy atom. The maximum Gasteiger partial charge on any atom is 0.338 e. The van der Waals surface area contributed by atoms with Gasteiger partial charge in [0.15, 0.2) is 6.61 Å². The normalized spacial score (nSPS) is 10.1. The Labute approximate surface area is 143 Å². The Balaban J connectivity index is 1.93.